The van der Waals surface area contributed by atoms with Crippen LogP contribution in [0.25, 0.3) is 5.69 Å². The van der Waals surface area contributed by atoms with Gasteiger partial charge in [-0.15, -0.1) is 10.2 Å². The Morgan fingerprint density at radius 3 is 2.38 bits per heavy atom. The van der Waals surface area contributed by atoms with Gasteiger partial charge in [-0.2, -0.15) is 0 Å². The lowest BCUT2D eigenvalue weighted by atomic mass is 9.73. The number of halogens is 5. The van der Waals surface area contributed by atoms with Crippen LogP contribution in [0.4, 0.5) is 29.3 Å². The first-order valence-electron chi connectivity index (χ1n) is 12.2. The standard InChI is InChI=1S/C25H24ClF4N7/c1-23(9-25(29,30)10-23)36-7-15-4-16(26)2-3-19(15)37-20(8-36)32-33-22(37)35-13-24(14-35)11-34(12-24)21-18(28)5-17(27)6-31-21/h2-6H,7-14H2,1H3. The molecular formula is C25H24ClF4N7. The molecule has 1 aromatic carbocycles. The molecule has 0 N–H and O–H groups in total. The zero-order valence-electron chi connectivity index (χ0n) is 20.1. The lowest BCUT2D eigenvalue weighted by Gasteiger charge is -2.60. The molecule has 0 unspecified atom stereocenters. The number of benzene rings is 1. The number of aromatic nitrogens is 4. The number of hydrogen-bond donors (Lipinski definition) is 0. The summed E-state index contributed by atoms with van der Waals surface area (Å²) in [5, 5.41) is 9.56. The van der Waals surface area contributed by atoms with Crippen LogP contribution >= 0.6 is 11.6 Å². The lowest BCUT2D eigenvalue weighted by Crippen LogP contribution is -2.73. The van der Waals surface area contributed by atoms with Crippen LogP contribution in [0.1, 0.15) is 31.2 Å². The average molecular weight is 534 g/mol. The highest BCUT2D eigenvalue weighted by Crippen LogP contribution is 2.51. The second-order valence-corrected chi connectivity index (χ2v) is 11.7. The molecule has 4 aliphatic rings. The maximum absolute atomic E-state index is 14.1. The lowest BCUT2D eigenvalue weighted by molar-refractivity contribution is -0.173. The Balaban J connectivity index is 1.14. The molecule has 12 heteroatoms. The van der Waals surface area contributed by atoms with E-state index in [1.54, 1.807) is 0 Å². The molecule has 1 spiro atoms. The van der Waals surface area contributed by atoms with Crippen molar-refractivity contribution in [2.75, 3.05) is 36.0 Å². The van der Waals surface area contributed by atoms with Gasteiger partial charge in [0.2, 0.25) is 5.95 Å². The maximum atomic E-state index is 14.1. The van der Waals surface area contributed by atoms with E-state index in [2.05, 4.69) is 25.0 Å². The molecule has 1 saturated carbocycles. The molecule has 5 heterocycles. The van der Waals surface area contributed by atoms with Gasteiger partial charge in [0.05, 0.1) is 18.4 Å². The maximum Gasteiger partial charge on any atom is 0.251 e. The van der Waals surface area contributed by atoms with Gasteiger partial charge < -0.3 is 9.80 Å². The summed E-state index contributed by atoms with van der Waals surface area (Å²) in [6.07, 6.45) is 0.650. The summed E-state index contributed by atoms with van der Waals surface area (Å²) in [6.45, 7) is 5.41. The number of rotatable bonds is 3. The number of nitrogens with zero attached hydrogens (tertiary/aromatic N) is 7. The molecule has 194 valence electrons. The predicted octanol–water partition coefficient (Wildman–Crippen LogP) is 4.42. The van der Waals surface area contributed by atoms with Gasteiger partial charge in [-0.3, -0.25) is 9.47 Å². The first kappa shape index (κ1) is 23.2. The Morgan fingerprint density at radius 1 is 0.946 bits per heavy atom. The van der Waals surface area contributed by atoms with Crippen LogP contribution < -0.4 is 9.80 Å². The molecule has 0 radical (unpaired) electrons. The third kappa shape index (κ3) is 3.61. The summed E-state index contributed by atoms with van der Waals surface area (Å²) >= 11 is 6.33. The Morgan fingerprint density at radius 2 is 1.68 bits per heavy atom. The minimum atomic E-state index is -2.65. The van der Waals surface area contributed by atoms with Crippen molar-refractivity contribution in [1.29, 1.82) is 0 Å². The van der Waals surface area contributed by atoms with Gasteiger partial charge in [-0.05, 0) is 30.7 Å². The number of alkyl halides is 2. The van der Waals surface area contributed by atoms with Crippen LogP contribution in [0.5, 0.6) is 0 Å². The highest BCUT2D eigenvalue weighted by atomic mass is 35.5. The molecule has 0 atom stereocenters. The van der Waals surface area contributed by atoms with E-state index in [1.807, 2.05) is 34.6 Å². The minimum absolute atomic E-state index is 0.0283. The third-order valence-electron chi connectivity index (χ3n) is 8.21. The van der Waals surface area contributed by atoms with E-state index in [9.17, 15) is 17.6 Å². The molecule has 7 rings (SSSR count). The van der Waals surface area contributed by atoms with Crippen molar-refractivity contribution in [2.45, 2.75) is 44.3 Å². The average Bonchev–Trinajstić information content (AvgIpc) is 3.06. The van der Waals surface area contributed by atoms with Crippen LogP contribution in [0.3, 0.4) is 0 Å². The van der Waals surface area contributed by atoms with Crippen molar-refractivity contribution in [1.82, 2.24) is 24.6 Å². The normalized spacial score (nSPS) is 23.0. The quantitative estimate of drug-likeness (QED) is 0.465. The molecule has 37 heavy (non-hydrogen) atoms. The Labute approximate surface area is 215 Å². The van der Waals surface area contributed by atoms with E-state index in [0.29, 0.717) is 56.1 Å². The summed E-state index contributed by atoms with van der Waals surface area (Å²) in [6, 6.07) is 6.48. The fourth-order valence-corrected chi connectivity index (χ4v) is 6.71. The van der Waals surface area contributed by atoms with Crippen molar-refractivity contribution in [2.24, 2.45) is 5.41 Å². The fourth-order valence-electron chi connectivity index (χ4n) is 6.52. The molecule has 0 amide bonds. The third-order valence-corrected chi connectivity index (χ3v) is 8.44. The van der Waals surface area contributed by atoms with E-state index >= 15 is 0 Å². The summed E-state index contributed by atoms with van der Waals surface area (Å²) in [5.41, 5.74) is 1.17. The Hall–Kier alpha value is -2.92. The van der Waals surface area contributed by atoms with Crippen LogP contribution in [0, 0.1) is 17.0 Å². The summed E-state index contributed by atoms with van der Waals surface area (Å²) in [7, 11) is 0. The summed E-state index contributed by atoms with van der Waals surface area (Å²) in [5.74, 6) is -2.44. The second-order valence-electron chi connectivity index (χ2n) is 11.3. The van der Waals surface area contributed by atoms with Gasteiger partial charge >= 0.3 is 0 Å². The first-order chi connectivity index (χ1) is 17.5. The van der Waals surface area contributed by atoms with E-state index < -0.39 is 23.1 Å². The first-order valence-corrected chi connectivity index (χ1v) is 12.6. The van der Waals surface area contributed by atoms with Gasteiger partial charge in [0.1, 0.15) is 5.82 Å². The van der Waals surface area contributed by atoms with E-state index in [0.717, 1.165) is 23.5 Å². The van der Waals surface area contributed by atoms with E-state index in [4.69, 9.17) is 11.6 Å². The topological polar surface area (TPSA) is 53.3 Å². The predicted molar refractivity (Wildman–Crippen MR) is 129 cm³/mol. The molecule has 0 bridgehead atoms. The Kier molecular flexibility index (Phi) is 4.75. The zero-order chi connectivity index (χ0) is 25.7. The van der Waals surface area contributed by atoms with Crippen molar-refractivity contribution in [3.05, 3.63) is 58.5 Å². The van der Waals surface area contributed by atoms with E-state index in [-0.39, 0.29) is 24.1 Å². The zero-order valence-corrected chi connectivity index (χ0v) is 20.8. The number of hydrogen-bond acceptors (Lipinski definition) is 6. The molecule has 2 aromatic heterocycles. The Bertz CT molecular complexity index is 1400. The monoisotopic (exact) mass is 533 g/mol. The number of anilines is 2. The highest BCUT2D eigenvalue weighted by molar-refractivity contribution is 6.30. The molecule has 3 aliphatic heterocycles. The summed E-state index contributed by atoms with van der Waals surface area (Å²) < 4.78 is 57.1. The van der Waals surface area contributed by atoms with Crippen LogP contribution in [0.15, 0.2) is 30.5 Å². The van der Waals surface area contributed by atoms with Gasteiger partial charge in [0.15, 0.2) is 17.5 Å². The van der Waals surface area contributed by atoms with Crippen LogP contribution in [-0.4, -0.2) is 62.3 Å². The van der Waals surface area contributed by atoms with Gasteiger partial charge in [0.25, 0.3) is 5.92 Å². The summed E-state index contributed by atoms with van der Waals surface area (Å²) in [4.78, 5) is 9.93. The second kappa shape index (κ2) is 7.57. The highest BCUT2D eigenvalue weighted by Gasteiger charge is 2.57. The number of pyridine rings is 1. The molecule has 3 fully saturated rings. The molecule has 7 nitrogen and oxygen atoms in total. The minimum Gasteiger partial charge on any atom is -0.353 e. The van der Waals surface area contributed by atoms with Crippen molar-refractivity contribution in [3.8, 4) is 5.69 Å². The largest absolute Gasteiger partial charge is 0.353 e. The van der Waals surface area contributed by atoms with Crippen molar-refractivity contribution >= 4 is 23.4 Å². The van der Waals surface area contributed by atoms with Crippen LogP contribution in [0.2, 0.25) is 5.02 Å². The van der Waals surface area contributed by atoms with Gasteiger partial charge in [-0.1, -0.05) is 11.6 Å². The van der Waals surface area contributed by atoms with E-state index in [1.165, 1.54) is 0 Å². The number of fused-ring (bicyclic) bond motifs is 3. The smallest absolute Gasteiger partial charge is 0.251 e. The van der Waals surface area contributed by atoms with Crippen molar-refractivity contribution < 1.29 is 17.6 Å². The molecule has 3 aromatic rings. The van der Waals surface area contributed by atoms with Gasteiger partial charge in [0, 0.05) is 67.6 Å². The van der Waals surface area contributed by atoms with Gasteiger partial charge in [-0.25, -0.2) is 22.5 Å². The molecule has 2 saturated heterocycles. The fraction of sp³-hybridized carbons (Fsp3) is 0.480. The molecule has 1 aliphatic carbocycles. The van der Waals surface area contributed by atoms with Crippen molar-refractivity contribution in [3.63, 3.8) is 0 Å². The van der Waals surface area contributed by atoms with Crippen LogP contribution in [-0.2, 0) is 13.1 Å². The molecular weight excluding hydrogens is 510 g/mol. The SMILES string of the molecule is CC1(N2Cc3cc(Cl)ccc3-n3c(nnc3N3CC4(CN(c5ncc(F)cc5F)C4)C3)C2)CC(F)(F)C1.